The first-order chi connectivity index (χ1) is 21.7. The number of alkyl halides is 1. The summed E-state index contributed by atoms with van der Waals surface area (Å²) < 4.78 is 34.9. The van der Waals surface area contributed by atoms with Crippen molar-refractivity contribution >= 4 is 11.7 Å². The van der Waals surface area contributed by atoms with Gasteiger partial charge in [-0.2, -0.15) is 9.97 Å². The molecule has 1 spiro atoms. The van der Waals surface area contributed by atoms with E-state index >= 15 is 0 Å². The summed E-state index contributed by atoms with van der Waals surface area (Å²) in [5, 5.41) is 0. The quantitative estimate of drug-likeness (QED) is 0.358. The van der Waals surface area contributed by atoms with Crippen LogP contribution in [0.25, 0.3) is 4.85 Å². The van der Waals surface area contributed by atoms with E-state index in [2.05, 4.69) is 57.4 Å². The van der Waals surface area contributed by atoms with Crippen molar-refractivity contribution in [1.82, 2.24) is 24.7 Å². The van der Waals surface area contributed by atoms with Crippen molar-refractivity contribution in [3.05, 3.63) is 70.5 Å². The van der Waals surface area contributed by atoms with Gasteiger partial charge in [-0.25, -0.2) is 15.4 Å². The van der Waals surface area contributed by atoms with Gasteiger partial charge < -0.3 is 19.4 Å². The van der Waals surface area contributed by atoms with Gasteiger partial charge in [0.25, 0.3) is 5.91 Å². The van der Waals surface area contributed by atoms with Crippen LogP contribution in [0, 0.1) is 6.57 Å². The Morgan fingerprint density at radius 3 is 2.84 bits per heavy atom. The van der Waals surface area contributed by atoms with Crippen LogP contribution in [0.1, 0.15) is 54.5 Å². The maximum Gasteiger partial charge on any atom is 0.318 e. The Bertz CT molecular complexity index is 1550. The molecule has 0 unspecified atom stereocenters. The SMILES string of the molecule is [C-]#[N+]C[C@H]1CN(c2nc(OC[C@@]34CCCN3C[C@H](F)C4)nc3c2CN(C)[C@@]2(CCCc4ccccc42)C3)CCN1C(=O)C(=C)F. The number of piperazine rings is 1. The third-order valence-corrected chi connectivity index (χ3v) is 11.0. The highest BCUT2D eigenvalue weighted by Gasteiger charge is 2.50. The normalized spacial score (nSPS) is 29.6. The largest absolute Gasteiger partial charge is 0.461 e. The Morgan fingerprint density at radius 2 is 2.02 bits per heavy atom. The Labute approximate surface area is 263 Å². The van der Waals surface area contributed by atoms with Gasteiger partial charge in [0.2, 0.25) is 6.54 Å². The topological polar surface area (TPSA) is 69.4 Å². The minimum Gasteiger partial charge on any atom is -0.461 e. The highest BCUT2D eigenvalue weighted by atomic mass is 19.1. The molecule has 1 amide bonds. The first-order valence-corrected chi connectivity index (χ1v) is 16.2. The number of hydrogen-bond donors (Lipinski definition) is 0. The van der Waals surface area contributed by atoms with Gasteiger partial charge in [0, 0.05) is 51.1 Å². The zero-order chi connectivity index (χ0) is 31.3. The van der Waals surface area contributed by atoms with E-state index in [0.717, 1.165) is 55.7 Å². The molecule has 0 saturated carbocycles. The van der Waals surface area contributed by atoms with E-state index in [4.69, 9.17) is 21.3 Å². The number of rotatable bonds is 6. The molecule has 5 heterocycles. The van der Waals surface area contributed by atoms with Crippen LogP contribution in [0.15, 0.2) is 36.7 Å². The summed E-state index contributed by atoms with van der Waals surface area (Å²) in [5.41, 5.74) is 4.16. The molecule has 45 heavy (non-hydrogen) atoms. The number of halogens is 2. The van der Waals surface area contributed by atoms with E-state index in [1.165, 1.54) is 16.0 Å². The van der Waals surface area contributed by atoms with Gasteiger partial charge in [-0.3, -0.25) is 14.6 Å². The number of amides is 1. The monoisotopic (exact) mass is 617 g/mol. The van der Waals surface area contributed by atoms with Crippen LogP contribution in [0.4, 0.5) is 14.6 Å². The van der Waals surface area contributed by atoms with Crippen molar-refractivity contribution in [1.29, 1.82) is 0 Å². The zero-order valence-electron chi connectivity index (χ0n) is 26.0. The second kappa shape index (κ2) is 11.6. The zero-order valence-corrected chi connectivity index (χ0v) is 26.0. The van der Waals surface area contributed by atoms with Crippen LogP contribution < -0.4 is 9.64 Å². The number of hydrogen-bond acceptors (Lipinski definition) is 7. The van der Waals surface area contributed by atoms with Crippen LogP contribution >= 0.6 is 0 Å². The second-order valence-electron chi connectivity index (χ2n) is 13.5. The lowest BCUT2D eigenvalue weighted by molar-refractivity contribution is -0.131. The number of fused-ring (bicyclic) bond motifs is 4. The summed E-state index contributed by atoms with van der Waals surface area (Å²) in [4.78, 5) is 34.4. The molecule has 0 N–H and O–H groups in total. The fraction of sp³-hybridized carbons (Fsp3) is 0.588. The summed E-state index contributed by atoms with van der Waals surface area (Å²) in [6, 6.07) is 8.49. The Kier molecular flexibility index (Phi) is 7.77. The maximum absolute atomic E-state index is 14.5. The first kappa shape index (κ1) is 30.1. The number of nitrogens with zero attached hydrogens (tertiary/aromatic N) is 7. The van der Waals surface area contributed by atoms with Crippen LogP contribution in [0.2, 0.25) is 0 Å². The smallest absolute Gasteiger partial charge is 0.318 e. The molecule has 2 aromatic rings. The molecule has 1 aromatic carbocycles. The predicted molar refractivity (Wildman–Crippen MR) is 166 cm³/mol. The minimum atomic E-state index is -1.02. The van der Waals surface area contributed by atoms with Gasteiger partial charge in [-0.1, -0.05) is 30.8 Å². The van der Waals surface area contributed by atoms with Crippen LogP contribution in [0.5, 0.6) is 6.01 Å². The van der Waals surface area contributed by atoms with Gasteiger partial charge in [-0.15, -0.1) is 0 Å². The van der Waals surface area contributed by atoms with Crippen LogP contribution in [0.3, 0.4) is 0 Å². The second-order valence-corrected chi connectivity index (χ2v) is 13.5. The van der Waals surface area contributed by atoms with Crippen molar-refractivity contribution in [3.63, 3.8) is 0 Å². The van der Waals surface area contributed by atoms with Crippen molar-refractivity contribution in [2.45, 2.75) is 74.8 Å². The highest BCUT2D eigenvalue weighted by molar-refractivity contribution is 5.91. The van der Waals surface area contributed by atoms with Gasteiger partial charge in [-0.05, 0) is 56.8 Å². The summed E-state index contributed by atoms with van der Waals surface area (Å²) in [6.07, 6.45) is 5.41. The Hall–Kier alpha value is -3.62. The Balaban J connectivity index is 1.25. The van der Waals surface area contributed by atoms with E-state index in [9.17, 15) is 13.6 Å². The third kappa shape index (κ3) is 5.16. The number of ether oxygens (including phenoxy) is 1. The lowest BCUT2D eigenvalue weighted by Gasteiger charge is -2.50. The van der Waals surface area contributed by atoms with Gasteiger partial charge >= 0.3 is 6.01 Å². The summed E-state index contributed by atoms with van der Waals surface area (Å²) in [7, 11) is 2.17. The molecular formula is C34H41F2N7O2. The molecule has 238 valence electrons. The maximum atomic E-state index is 14.5. The molecule has 1 aromatic heterocycles. The molecule has 11 heteroatoms. The molecule has 5 aliphatic rings. The fourth-order valence-electron chi connectivity index (χ4n) is 8.79. The predicted octanol–water partition coefficient (Wildman–Crippen LogP) is 4.07. The molecule has 1 aliphatic carbocycles. The summed E-state index contributed by atoms with van der Waals surface area (Å²) >= 11 is 0. The average molecular weight is 618 g/mol. The van der Waals surface area contributed by atoms with E-state index in [-0.39, 0.29) is 30.2 Å². The van der Waals surface area contributed by atoms with Crippen molar-refractivity contribution in [3.8, 4) is 6.01 Å². The van der Waals surface area contributed by atoms with Crippen LogP contribution in [-0.2, 0) is 29.7 Å². The molecule has 0 bridgehead atoms. The number of carbonyl (C=O) groups excluding carboxylic acids is 1. The molecule has 3 fully saturated rings. The van der Waals surface area contributed by atoms with E-state index in [1.807, 2.05) is 0 Å². The lowest BCUT2D eigenvalue weighted by Crippen LogP contribution is -2.57. The van der Waals surface area contributed by atoms with Gasteiger partial charge in [0.05, 0.1) is 16.8 Å². The number of benzene rings is 1. The minimum absolute atomic E-state index is 0.0503. The van der Waals surface area contributed by atoms with Crippen molar-refractivity contribution in [2.24, 2.45) is 0 Å². The summed E-state index contributed by atoms with van der Waals surface area (Å²) in [5.74, 6) is -1.05. The molecule has 7 rings (SSSR count). The van der Waals surface area contributed by atoms with E-state index in [0.29, 0.717) is 45.6 Å². The number of aromatic nitrogens is 2. The number of carbonyl (C=O) groups is 1. The molecule has 4 atom stereocenters. The lowest BCUT2D eigenvalue weighted by atomic mass is 9.71. The van der Waals surface area contributed by atoms with Crippen molar-refractivity contribution in [2.75, 3.05) is 57.8 Å². The van der Waals surface area contributed by atoms with E-state index < -0.39 is 23.9 Å². The van der Waals surface area contributed by atoms with E-state index in [1.54, 1.807) is 0 Å². The molecule has 0 radical (unpaired) electrons. The standard InChI is InChI=1S/C34H41F2N7O2/c1-23(35)31(44)43-15-14-41(20-26(43)18-37-2)30-27-21-40(3)34(12-6-9-24-8-4-5-10-28(24)34)17-29(27)38-32(39-30)45-22-33-11-7-13-42(33)19-25(36)16-33/h4-5,8,10,25-26H,1,6-7,9,11-22H2,3H3/t25-,26+,33+,34+/m1/s1. The van der Waals surface area contributed by atoms with Gasteiger partial charge in [0.15, 0.2) is 5.83 Å². The average Bonchev–Trinajstić information content (AvgIpc) is 3.56. The molecular weight excluding hydrogens is 576 g/mol. The third-order valence-electron chi connectivity index (χ3n) is 11.0. The molecule has 3 saturated heterocycles. The molecule has 9 nitrogen and oxygen atoms in total. The number of likely N-dealkylation sites (N-methyl/N-ethyl adjacent to an activating group) is 1. The first-order valence-electron chi connectivity index (χ1n) is 16.2. The summed E-state index contributed by atoms with van der Waals surface area (Å²) in [6.45, 7) is 14.1. The molecule has 4 aliphatic heterocycles. The number of anilines is 1. The Morgan fingerprint density at radius 1 is 1.18 bits per heavy atom. The van der Waals surface area contributed by atoms with Crippen LogP contribution in [-0.4, -0.2) is 101 Å². The van der Waals surface area contributed by atoms with Gasteiger partial charge in [0.1, 0.15) is 24.6 Å². The van der Waals surface area contributed by atoms with Crippen molar-refractivity contribution < 1.29 is 18.3 Å². The highest BCUT2D eigenvalue weighted by Crippen LogP contribution is 2.47. The fourth-order valence-corrected chi connectivity index (χ4v) is 8.79. The number of aryl methyl sites for hydroxylation is 1.